The van der Waals surface area contributed by atoms with Crippen LogP contribution < -0.4 is 15.4 Å². The number of carboxylic acids is 1. The van der Waals surface area contributed by atoms with Crippen molar-refractivity contribution in [2.45, 2.75) is 58.8 Å². The topological polar surface area (TPSA) is 118 Å². The molecule has 1 aliphatic rings. The zero-order valence-electron chi connectivity index (χ0n) is 17.4. The highest BCUT2D eigenvalue weighted by atomic mass is 16.6. The second-order valence-corrected chi connectivity index (χ2v) is 8.36. The highest BCUT2D eigenvalue weighted by Crippen LogP contribution is 2.30. The summed E-state index contributed by atoms with van der Waals surface area (Å²) in [5.74, 6) is -0.266. The summed E-state index contributed by atoms with van der Waals surface area (Å²) in [6, 6.07) is 3.40. The number of pyridine rings is 1. The Hall–Kier alpha value is -2.71. The SMILES string of the molecule is CC(C)Oc1nc(N2CCN(C(=O)OC(C)(C)C)[C@](C)(C(=O)O)C2)ccc1N. The minimum Gasteiger partial charge on any atom is -0.479 e. The zero-order valence-corrected chi connectivity index (χ0v) is 17.4. The number of aromatic nitrogens is 1. The molecule has 156 valence electrons. The van der Waals surface area contributed by atoms with Gasteiger partial charge in [-0.2, -0.15) is 4.98 Å². The van der Waals surface area contributed by atoms with Crippen LogP contribution in [0.15, 0.2) is 12.1 Å². The Kier molecular flexibility index (Phi) is 5.96. The number of carbonyl (C=O) groups is 2. The molecule has 2 heterocycles. The van der Waals surface area contributed by atoms with Gasteiger partial charge in [-0.05, 0) is 53.7 Å². The summed E-state index contributed by atoms with van der Waals surface area (Å²) in [4.78, 5) is 32.1. The van der Waals surface area contributed by atoms with Gasteiger partial charge in [0.15, 0.2) is 5.54 Å². The van der Waals surface area contributed by atoms with Crippen LogP contribution in [0.2, 0.25) is 0 Å². The summed E-state index contributed by atoms with van der Waals surface area (Å²) in [7, 11) is 0. The van der Waals surface area contributed by atoms with Crippen LogP contribution in [-0.4, -0.2) is 63.9 Å². The van der Waals surface area contributed by atoms with Crippen molar-refractivity contribution in [3.8, 4) is 5.88 Å². The van der Waals surface area contributed by atoms with Crippen LogP contribution in [0.1, 0.15) is 41.5 Å². The maximum atomic E-state index is 12.6. The normalized spacial score (nSPS) is 20.2. The number of carbonyl (C=O) groups excluding carboxylic acids is 1. The van der Waals surface area contributed by atoms with E-state index < -0.39 is 23.2 Å². The van der Waals surface area contributed by atoms with E-state index in [9.17, 15) is 14.7 Å². The summed E-state index contributed by atoms with van der Waals surface area (Å²) >= 11 is 0. The highest BCUT2D eigenvalue weighted by Gasteiger charge is 2.48. The fourth-order valence-corrected chi connectivity index (χ4v) is 2.93. The zero-order chi connectivity index (χ0) is 21.3. The first kappa shape index (κ1) is 21.6. The lowest BCUT2D eigenvalue weighted by molar-refractivity contribution is -0.150. The number of nitrogen functional groups attached to an aromatic ring is 1. The van der Waals surface area contributed by atoms with Gasteiger partial charge in [0.1, 0.15) is 11.4 Å². The van der Waals surface area contributed by atoms with E-state index in [0.717, 1.165) is 0 Å². The largest absolute Gasteiger partial charge is 0.479 e. The Morgan fingerprint density at radius 2 is 1.93 bits per heavy atom. The molecule has 1 saturated heterocycles. The number of piperazine rings is 1. The third-order valence-corrected chi connectivity index (χ3v) is 4.31. The molecule has 1 fully saturated rings. The van der Waals surface area contributed by atoms with Gasteiger partial charge in [-0.1, -0.05) is 0 Å². The van der Waals surface area contributed by atoms with Crippen molar-refractivity contribution < 1.29 is 24.2 Å². The van der Waals surface area contributed by atoms with Gasteiger partial charge in [-0.15, -0.1) is 0 Å². The molecule has 1 aromatic rings. The number of aliphatic carboxylic acids is 1. The van der Waals surface area contributed by atoms with E-state index in [1.807, 2.05) is 18.7 Å². The van der Waals surface area contributed by atoms with Crippen LogP contribution in [-0.2, 0) is 9.53 Å². The average Bonchev–Trinajstić information content (AvgIpc) is 2.54. The first-order valence-electron chi connectivity index (χ1n) is 9.25. The van der Waals surface area contributed by atoms with E-state index in [1.165, 1.54) is 11.8 Å². The first-order chi connectivity index (χ1) is 12.8. The van der Waals surface area contributed by atoms with Crippen molar-refractivity contribution in [2.75, 3.05) is 30.3 Å². The molecule has 0 saturated carbocycles. The second-order valence-electron chi connectivity index (χ2n) is 8.36. The molecule has 1 atom stereocenters. The van der Waals surface area contributed by atoms with Gasteiger partial charge < -0.3 is 25.2 Å². The Morgan fingerprint density at radius 1 is 1.29 bits per heavy atom. The van der Waals surface area contributed by atoms with Crippen LogP contribution in [0, 0.1) is 0 Å². The van der Waals surface area contributed by atoms with Crippen molar-refractivity contribution in [3.63, 3.8) is 0 Å². The van der Waals surface area contributed by atoms with Crippen LogP contribution in [0.5, 0.6) is 5.88 Å². The number of nitrogens with two attached hydrogens (primary N) is 1. The van der Waals surface area contributed by atoms with Crippen LogP contribution >= 0.6 is 0 Å². The van der Waals surface area contributed by atoms with Gasteiger partial charge in [-0.3, -0.25) is 4.90 Å². The smallest absolute Gasteiger partial charge is 0.411 e. The van der Waals surface area contributed by atoms with E-state index in [2.05, 4.69) is 4.98 Å². The Labute approximate surface area is 165 Å². The number of rotatable bonds is 4. The minimum absolute atomic E-state index is 0.0552. The third kappa shape index (κ3) is 4.76. The van der Waals surface area contributed by atoms with Gasteiger partial charge in [0.05, 0.1) is 18.3 Å². The average molecular weight is 394 g/mol. The minimum atomic E-state index is -1.47. The summed E-state index contributed by atoms with van der Waals surface area (Å²) in [5.41, 5.74) is 4.15. The summed E-state index contributed by atoms with van der Waals surface area (Å²) in [5, 5.41) is 9.86. The van der Waals surface area contributed by atoms with Crippen molar-refractivity contribution in [1.82, 2.24) is 9.88 Å². The summed E-state index contributed by atoms with van der Waals surface area (Å²) in [6.07, 6.45) is -0.746. The molecule has 0 radical (unpaired) electrons. The van der Waals surface area contributed by atoms with Crippen LogP contribution in [0.3, 0.4) is 0 Å². The third-order valence-electron chi connectivity index (χ3n) is 4.31. The number of nitrogens with zero attached hydrogens (tertiary/aromatic N) is 3. The lowest BCUT2D eigenvalue weighted by atomic mass is 9.96. The Morgan fingerprint density at radius 3 is 2.46 bits per heavy atom. The van der Waals surface area contributed by atoms with E-state index in [1.54, 1.807) is 32.9 Å². The Balaban J connectivity index is 2.28. The quantitative estimate of drug-likeness (QED) is 0.799. The number of ether oxygens (including phenoxy) is 2. The van der Waals surface area contributed by atoms with Gasteiger partial charge in [-0.25, -0.2) is 9.59 Å². The van der Waals surface area contributed by atoms with Gasteiger partial charge in [0.2, 0.25) is 5.88 Å². The van der Waals surface area contributed by atoms with Crippen molar-refractivity contribution in [2.24, 2.45) is 0 Å². The molecule has 0 bridgehead atoms. The van der Waals surface area contributed by atoms with Gasteiger partial charge >= 0.3 is 12.1 Å². The van der Waals surface area contributed by atoms with Crippen LogP contribution in [0.25, 0.3) is 0 Å². The van der Waals surface area contributed by atoms with Crippen molar-refractivity contribution in [1.29, 1.82) is 0 Å². The first-order valence-corrected chi connectivity index (χ1v) is 9.25. The molecule has 2 rings (SSSR count). The second kappa shape index (κ2) is 7.73. The number of anilines is 2. The van der Waals surface area contributed by atoms with E-state index in [0.29, 0.717) is 23.9 Å². The molecule has 1 amide bonds. The molecule has 9 nitrogen and oxygen atoms in total. The molecule has 1 aliphatic heterocycles. The van der Waals surface area contributed by atoms with Crippen LogP contribution in [0.4, 0.5) is 16.3 Å². The number of hydrogen-bond donors (Lipinski definition) is 2. The lowest BCUT2D eigenvalue weighted by Crippen LogP contribution is -2.67. The molecule has 0 spiro atoms. The number of hydrogen-bond acceptors (Lipinski definition) is 7. The molecule has 0 unspecified atom stereocenters. The fourth-order valence-electron chi connectivity index (χ4n) is 2.93. The molecular weight excluding hydrogens is 364 g/mol. The maximum Gasteiger partial charge on any atom is 0.411 e. The molecule has 0 aliphatic carbocycles. The maximum absolute atomic E-state index is 12.6. The lowest BCUT2D eigenvalue weighted by Gasteiger charge is -2.46. The van der Waals surface area contributed by atoms with Gasteiger partial charge in [0.25, 0.3) is 0 Å². The monoisotopic (exact) mass is 394 g/mol. The van der Waals surface area contributed by atoms with Crippen molar-refractivity contribution >= 4 is 23.6 Å². The molecule has 9 heteroatoms. The Bertz CT molecular complexity index is 746. The molecule has 1 aromatic heterocycles. The fraction of sp³-hybridized carbons (Fsp3) is 0.632. The van der Waals surface area contributed by atoms with Crippen molar-refractivity contribution in [3.05, 3.63) is 12.1 Å². The predicted octanol–water partition coefficient (Wildman–Crippen LogP) is 2.35. The predicted molar refractivity (Wildman–Crippen MR) is 106 cm³/mol. The summed E-state index contributed by atoms with van der Waals surface area (Å²) in [6.45, 7) is 11.1. The molecule has 3 N–H and O–H groups in total. The van der Waals surface area contributed by atoms with E-state index in [4.69, 9.17) is 15.2 Å². The molecule has 28 heavy (non-hydrogen) atoms. The van der Waals surface area contributed by atoms with E-state index in [-0.39, 0.29) is 19.2 Å². The molecule has 0 aromatic carbocycles. The highest BCUT2D eigenvalue weighted by molar-refractivity contribution is 5.85. The van der Waals surface area contributed by atoms with Gasteiger partial charge in [0, 0.05) is 13.1 Å². The number of carboxylic acid groups (broad SMARTS) is 1. The standard InChI is InChI=1S/C19H30N4O5/c1-12(2)27-15-13(20)7-8-14(21-15)22-9-10-23(17(26)28-18(3,4)5)19(6,11-22)16(24)25/h7-8,12H,9-11,20H2,1-6H3,(H,24,25)/t19-/m0/s1. The van der Waals surface area contributed by atoms with E-state index >= 15 is 0 Å². The summed E-state index contributed by atoms with van der Waals surface area (Å²) < 4.78 is 11.0. The number of amides is 1. The molecular formula is C19H30N4O5.